The Balaban J connectivity index is 2.72. The van der Waals surface area contributed by atoms with E-state index in [1.54, 1.807) is 0 Å². The highest BCUT2D eigenvalue weighted by Gasteiger charge is 2.15. The summed E-state index contributed by atoms with van der Waals surface area (Å²) in [6, 6.07) is 8.61. The van der Waals surface area contributed by atoms with E-state index in [4.69, 9.17) is 5.53 Å². The summed E-state index contributed by atoms with van der Waals surface area (Å²) in [5.41, 5.74) is 9.27. The van der Waals surface area contributed by atoms with E-state index in [1.165, 1.54) is 5.19 Å². The van der Waals surface area contributed by atoms with Gasteiger partial charge in [0.2, 0.25) is 0 Å². The van der Waals surface area contributed by atoms with Crippen molar-refractivity contribution in [1.29, 1.82) is 0 Å². The summed E-state index contributed by atoms with van der Waals surface area (Å²) in [5, 5.41) is 4.90. The molecular weight excluding hydrogens is 214 g/mol. The van der Waals surface area contributed by atoms with Crippen LogP contribution in [0.4, 0.5) is 0 Å². The van der Waals surface area contributed by atoms with E-state index in [-0.39, 0.29) is 0 Å². The molecule has 0 radical (unpaired) electrons. The van der Waals surface area contributed by atoms with Crippen molar-refractivity contribution in [3.8, 4) is 0 Å². The molecule has 0 saturated carbocycles. The molecule has 1 aromatic rings. The molecule has 0 aliphatic heterocycles. The highest BCUT2D eigenvalue weighted by molar-refractivity contribution is 6.88. The van der Waals surface area contributed by atoms with Gasteiger partial charge in [-0.05, 0) is 11.1 Å². The van der Waals surface area contributed by atoms with Crippen molar-refractivity contribution in [3.63, 3.8) is 0 Å². The molecule has 0 amide bonds. The Labute approximate surface area is 97.4 Å². The van der Waals surface area contributed by atoms with Crippen LogP contribution in [0.2, 0.25) is 19.6 Å². The second kappa shape index (κ2) is 5.54. The zero-order chi connectivity index (χ0) is 12.0. The van der Waals surface area contributed by atoms with Crippen molar-refractivity contribution in [2.45, 2.75) is 19.6 Å². The van der Waals surface area contributed by atoms with E-state index in [2.05, 4.69) is 53.9 Å². The van der Waals surface area contributed by atoms with Gasteiger partial charge in [0.25, 0.3) is 0 Å². The monoisotopic (exact) mass is 231 g/mol. The lowest BCUT2D eigenvalue weighted by Crippen LogP contribution is -2.37. The average Bonchev–Trinajstić information content (AvgIpc) is 2.24. The maximum atomic E-state index is 8.12. The van der Waals surface area contributed by atoms with Crippen LogP contribution in [0.5, 0.6) is 0 Å². The molecule has 16 heavy (non-hydrogen) atoms. The molecule has 1 rings (SSSR count). The Hall–Kier alpha value is -1.51. The molecule has 0 aliphatic carbocycles. The van der Waals surface area contributed by atoms with E-state index < -0.39 is 8.07 Å². The highest BCUT2D eigenvalue weighted by atomic mass is 28.3. The van der Waals surface area contributed by atoms with Gasteiger partial charge in [-0.3, -0.25) is 0 Å². The second-order valence-electron chi connectivity index (χ2n) is 4.69. The fourth-order valence-corrected chi connectivity index (χ4v) is 2.53. The molecule has 0 unspecified atom stereocenters. The zero-order valence-electron chi connectivity index (χ0n) is 10.0. The zero-order valence-corrected chi connectivity index (χ0v) is 11.0. The van der Waals surface area contributed by atoms with E-state index in [9.17, 15) is 0 Å². The molecule has 84 valence electrons. The van der Waals surface area contributed by atoms with Crippen LogP contribution < -0.4 is 5.19 Å². The normalized spacial score (nSPS) is 11.4. The maximum absolute atomic E-state index is 8.12. The first-order valence-electron chi connectivity index (χ1n) is 5.32. The summed E-state index contributed by atoms with van der Waals surface area (Å²) >= 11 is 0. The SMILES string of the molecule is C[Si](C)(C)c1ccc(C=CCN=[N+]=[N-])cc1. The third-order valence-electron chi connectivity index (χ3n) is 2.34. The Morgan fingerprint density at radius 1 is 1.25 bits per heavy atom. The molecule has 0 saturated heterocycles. The lowest BCUT2D eigenvalue weighted by Gasteiger charge is -2.16. The van der Waals surface area contributed by atoms with Gasteiger partial charge in [-0.25, -0.2) is 0 Å². The third-order valence-corrected chi connectivity index (χ3v) is 4.40. The number of nitrogens with zero attached hydrogens (tertiary/aromatic N) is 3. The van der Waals surface area contributed by atoms with Crippen molar-refractivity contribution >= 4 is 19.3 Å². The molecule has 1 aromatic carbocycles. The van der Waals surface area contributed by atoms with Crippen molar-refractivity contribution < 1.29 is 0 Å². The van der Waals surface area contributed by atoms with Crippen molar-refractivity contribution in [2.24, 2.45) is 5.11 Å². The number of hydrogen-bond acceptors (Lipinski definition) is 1. The van der Waals surface area contributed by atoms with Crippen LogP contribution in [0.1, 0.15) is 5.56 Å². The fraction of sp³-hybridized carbons (Fsp3) is 0.333. The lowest BCUT2D eigenvalue weighted by atomic mass is 10.2. The van der Waals surface area contributed by atoms with Crippen LogP contribution >= 0.6 is 0 Å². The first-order valence-corrected chi connectivity index (χ1v) is 8.82. The number of rotatable bonds is 4. The molecule has 3 nitrogen and oxygen atoms in total. The van der Waals surface area contributed by atoms with E-state index in [0.29, 0.717) is 6.54 Å². The van der Waals surface area contributed by atoms with Gasteiger partial charge < -0.3 is 0 Å². The smallest absolute Gasteiger partial charge is 0.0775 e. The van der Waals surface area contributed by atoms with Crippen LogP contribution in [0.3, 0.4) is 0 Å². The molecule has 0 spiro atoms. The molecule has 0 fully saturated rings. The van der Waals surface area contributed by atoms with E-state index in [0.717, 1.165) is 5.56 Å². The minimum absolute atomic E-state index is 0.409. The third kappa shape index (κ3) is 3.93. The summed E-state index contributed by atoms with van der Waals surface area (Å²) in [6.07, 6.45) is 3.84. The fourth-order valence-electron chi connectivity index (χ4n) is 1.37. The van der Waals surface area contributed by atoms with Gasteiger partial charge in [0.1, 0.15) is 0 Å². The van der Waals surface area contributed by atoms with Gasteiger partial charge in [0.05, 0.1) is 8.07 Å². The van der Waals surface area contributed by atoms with Gasteiger partial charge in [0, 0.05) is 11.5 Å². The summed E-state index contributed by atoms with van der Waals surface area (Å²) in [6.45, 7) is 7.41. The van der Waals surface area contributed by atoms with Crippen molar-refractivity contribution in [3.05, 3.63) is 46.3 Å². The minimum atomic E-state index is -1.19. The van der Waals surface area contributed by atoms with E-state index in [1.807, 2.05) is 12.2 Å². The molecule has 0 aliphatic rings. The molecule has 0 atom stereocenters. The standard InChI is InChI=1S/C12H17N3Si/c1-16(2,3)12-8-6-11(7-9-12)5-4-10-14-15-13/h4-9H,10H2,1-3H3. The summed E-state index contributed by atoms with van der Waals surface area (Å²) < 4.78 is 0. The lowest BCUT2D eigenvalue weighted by molar-refractivity contribution is 1.22. The van der Waals surface area contributed by atoms with Gasteiger partial charge in [-0.2, -0.15) is 0 Å². The minimum Gasteiger partial charge on any atom is -0.0899 e. The molecule has 4 heteroatoms. The van der Waals surface area contributed by atoms with Crippen LogP contribution in [0, 0.1) is 0 Å². The first-order chi connectivity index (χ1) is 7.54. The second-order valence-corrected chi connectivity index (χ2v) is 9.77. The van der Waals surface area contributed by atoms with Gasteiger partial charge in [-0.1, -0.05) is 66.4 Å². The van der Waals surface area contributed by atoms with Crippen LogP contribution in [-0.4, -0.2) is 14.6 Å². The Bertz CT molecular complexity index is 409. The molecule has 0 N–H and O–H groups in total. The summed E-state index contributed by atoms with van der Waals surface area (Å²) in [4.78, 5) is 2.69. The number of azide groups is 1. The number of hydrogen-bond donors (Lipinski definition) is 0. The van der Waals surface area contributed by atoms with Gasteiger partial charge in [-0.15, -0.1) is 0 Å². The van der Waals surface area contributed by atoms with E-state index >= 15 is 0 Å². The van der Waals surface area contributed by atoms with Gasteiger partial charge >= 0.3 is 0 Å². The summed E-state index contributed by atoms with van der Waals surface area (Å²) in [5.74, 6) is 0. The summed E-state index contributed by atoms with van der Waals surface area (Å²) in [7, 11) is -1.19. The quantitative estimate of drug-likeness (QED) is 0.329. The predicted octanol–water partition coefficient (Wildman–Crippen LogP) is 3.56. The molecule has 0 heterocycles. The molecular formula is C12H17N3Si. The van der Waals surface area contributed by atoms with Crippen molar-refractivity contribution in [1.82, 2.24) is 0 Å². The largest absolute Gasteiger partial charge is 0.0899 e. The highest BCUT2D eigenvalue weighted by Crippen LogP contribution is 2.05. The number of benzene rings is 1. The Morgan fingerprint density at radius 3 is 2.38 bits per heavy atom. The molecule has 0 aromatic heterocycles. The Kier molecular flexibility index (Phi) is 4.35. The van der Waals surface area contributed by atoms with Crippen LogP contribution in [0.15, 0.2) is 35.5 Å². The molecule has 0 bridgehead atoms. The maximum Gasteiger partial charge on any atom is 0.0775 e. The van der Waals surface area contributed by atoms with Crippen LogP contribution in [-0.2, 0) is 0 Å². The van der Waals surface area contributed by atoms with Gasteiger partial charge in [0.15, 0.2) is 0 Å². The van der Waals surface area contributed by atoms with Crippen molar-refractivity contribution in [2.75, 3.05) is 6.54 Å². The predicted molar refractivity (Wildman–Crippen MR) is 72.5 cm³/mol. The average molecular weight is 231 g/mol. The topological polar surface area (TPSA) is 48.8 Å². The van der Waals surface area contributed by atoms with Crippen LogP contribution in [0.25, 0.3) is 16.5 Å². The first kappa shape index (κ1) is 12.6. The Morgan fingerprint density at radius 2 is 1.88 bits per heavy atom.